The maximum Gasteiger partial charge on any atom is 0.148 e. The van der Waals surface area contributed by atoms with Gasteiger partial charge in [0.15, 0.2) is 0 Å². The lowest BCUT2D eigenvalue weighted by atomic mass is 10.1. The third-order valence-electron chi connectivity index (χ3n) is 2.35. The number of halogens is 1. The standard InChI is InChI=1S/C12H14ClN3O/c1-17-7-6-14-12-8-11(15-16-12)9-2-4-10(13)5-3-9/h2-5,8H,6-7H2,1H3,(H2,14,15,16). The average Bonchev–Trinajstić information content (AvgIpc) is 2.79. The Hall–Kier alpha value is -1.52. The van der Waals surface area contributed by atoms with Crippen LogP contribution in [0.5, 0.6) is 0 Å². The van der Waals surface area contributed by atoms with Gasteiger partial charge in [0, 0.05) is 24.7 Å². The summed E-state index contributed by atoms with van der Waals surface area (Å²) in [7, 11) is 1.67. The molecular weight excluding hydrogens is 238 g/mol. The van der Waals surface area contributed by atoms with E-state index in [9.17, 15) is 0 Å². The number of nitrogens with one attached hydrogen (secondary N) is 2. The molecule has 17 heavy (non-hydrogen) atoms. The van der Waals surface area contributed by atoms with E-state index >= 15 is 0 Å². The molecular formula is C12H14ClN3O. The molecule has 0 fully saturated rings. The van der Waals surface area contributed by atoms with Crippen LogP contribution in [0.4, 0.5) is 5.82 Å². The van der Waals surface area contributed by atoms with Crippen molar-refractivity contribution in [2.75, 3.05) is 25.6 Å². The zero-order valence-electron chi connectivity index (χ0n) is 9.53. The third kappa shape index (κ3) is 3.22. The number of ether oxygens (including phenoxy) is 1. The highest BCUT2D eigenvalue weighted by Crippen LogP contribution is 2.21. The van der Waals surface area contributed by atoms with Crippen LogP contribution in [-0.2, 0) is 4.74 Å². The minimum absolute atomic E-state index is 0.656. The van der Waals surface area contributed by atoms with Crippen LogP contribution in [0.3, 0.4) is 0 Å². The lowest BCUT2D eigenvalue weighted by molar-refractivity contribution is 0.210. The molecule has 0 saturated carbocycles. The molecule has 1 aromatic carbocycles. The van der Waals surface area contributed by atoms with Crippen LogP contribution in [0.25, 0.3) is 11.3 Å². The first-order valence-electron chi connectivity index (χ1n) is 5.34. The first kappa shape index (κ1) is 12.0. The highest BCUT2D eigenvalue weighted by molar-refractivity contribution is 6.30. The lowest BCUT2D eigenvalue weighted by Gasteiger charge is -1.99. The van der Waals surface area contributed by atoms with Gasteiger partial charge in [-0.3, -0.25) is 5.10 Å². The summed E-state index contributed by atoms with van der Waals surface area (Å²) in [5.74, 6) is 0.812. The predicted molar refractivity (Wildman–Crippen MR) is 69.4 cm³/mol. The molecule has 0 atom stereocenters. The summed E-state index contributed by atoms with van der Waals surface area (Å²) in [6.45, 7) is 1.39. The first-order valence-corrected chi connectivity index (χ1v) is 5.71. The SMILES string of the molecule is COCCNc1cc(-c2ccc(Cl)cc2)[nH]n1. The van der Waals surface area contributed by atoms with Crippen molar-refractivity contribution in [1.82, 2.24) is 10.2 Å². The Labute approximate surface area is 105 Å². The van der Waals surface area contributed by atoms with Gasteiger partial charge in [-0.15, -0.1) is 0 Å². The molecule has 0 aliphatic rings. The minimum Gasteiger partial charge on any atom is -0.383 e. The van der Waals surface area contributed by atoms with Gasteiger partial charge in [-0.1, -0.05) is 23.7 Å². The summed E-state index contributed by atoms with van der Waals surface area (Å²) in [4.78, 5) is 0. The monoisotopic (exact) mass is 251 g/mol. The Balaban J connectivity index is 2.04. The van der Waals surface area contributed by atoms with Gasteiger partial charge in [-0.25, -0.2) is 0 Å². The molecule has 2 rings (SSSR count). The molecule has 0 aliphatic heterocycles. The second-order valence-corrected chi connectivity index (χ2v) is 4.03. The number of nitrogens with zero attached hydrogens (tertiary/aromatic N) is 1. The van der Waals surface area contributed by atoms with E-state index in [2.05, 4.69) is 15.5 Å². The smallest absolute Gasteiger partial charge is 0.148 e. The van der Waals surface area contributed by atoms with Crippen LogP contribution in [-0.4, -0.2) is 30.5 Å². The van der Waals surface area contributed by atoms with Crippen LogP contribution >= 0.6 is 11.6 Å². The number of aromatic amines is 1. The van der Waals surface area contributed by atoms with Crippen molar-refractivity contribution in [1.29, 1.82) is 0 Å². The Bertz CT molecular complexity index is 467. The van der Waals surface area contributed by atoms with Gasteiger partial charge in [-0.2, -0.15) is 5.10 Å². The van der Waals surface area contributed by atoms with E-state index in [4.69, 9.17) is 16.3 Å². The molecule has 1 heterocycles. The van der Waals surface area contributed by atoms with Crippen LogP contribution < -0.4 is 5.32 Å². The third-order valence-corrected chi connectivity index (χ3v) is 2.60. The highest BCUT2D eigenvalue weighted by atomic mass is 35.5. The maximum atomic E-state index is 5.84. The topological polar surface area (TPSA) is 49.9 Å². The number of benzene rings is 1. The fourth-order valence-electron chi connectivity index (χ4n) is 1.47. The van der Waals surface area contributed by atoms with Crippen molar-refractivity contribution in [2.24, 2.45) is 0 Å². The fourth-order valence-corrected chi connectivity index (χ4v) is 1.60. The van der Waals surface area contributed by atoms with Crippen molar-refractivity contribution in [3.05, 3.63) is 35.4 Å². The molecule has 1 aromatic heterocycles. The molecule has 0 saturated heterocycles. The van der Waals surface area contributed by atoms with Crippen LogP contribution in [0.1, 0.15) is 0 Å². The van der Waals surface area contributed by atoms with Gasteiger partial charge in [0.25, 0.3) is 0 Å². The van der Waals surface area contributed by atoms with Gasteiger partial charge in [0.2, 0.25) is 0 Å². The maximum absolute atomic E-state index is 5.84. The van der Waals surface area contributed by atoms with Gasteiger partial charge in [0.1, 0.15) is 5.82 Å². The number of hydrogen-bond donors (Lipinski definition) is 2. The van der Waals surface area contributed by atoms with Crippen LogP contribution in [0.2, 0.25) is 5.02 Å². The highest BCUT2D eigenvalue weighted by Gasteiger charge is 2.02. The zero-order valence-corrected chi connectivity index (χ0v) is 10.3. The summed E-state index contributed by atoms with van der Waals surface area (Å²) in [6.07, 6.45) is 0. The van der Waals surface area contributed by atoms with E-state index in [-0.39, 0.29) is 0 Å². The Kier molecular flexibility index (Phi) is 4.01. The molecule has 0 spiro atoms. The van der Waals surface area contributed by atoms with Crippen molar-refractivity contribution < 1.29 is 4.74 Å². The summed E-state index contributed by atoms with van der Waals surface area (Å²) >= 11 is 5.84. The predicted octanol–water partition coefficient (Wildman–Crippen LogP) is 2.79. The Morgan fingerprint density at radius 2 is 2.12 bits per heavy atom. The number of hydrogen-bond acceptors (Lipinski definition) is 3. The minimum atomic E-state index is 0.656. The van der Waals surface area contributed by atoms with Crippen molar-refractivity contribution in [3.8, 4) is 11.3 Å². The van der Waals surface area contributed by atoms with Crippen molar-refractivity contribution in [3.63, 3.8) is 0 Å². The van der Waals surface area contributed by atoms with Crippen LogP contribution in [0.15, 0.2) is 30.3 Å². The quantitative estimate of drug-likeness (QED) is 0.804. The Morgan fingerprint density at radius 1 is 1.35 bits per heavy atom. The normalized spacial score (nSPS) is 10.5. The first-order chi connectivity index (χ1) is 8.29. The van der Waals surface area contributed by atoms with E-state index in [1.165, 1.54) is 0 Å². The molecule has 4 nitrogen and oxygen atoms in total. The zero-order chi connectivity index (χ0) is 12.1. The molecule has 0 amide bonds. The lowest BCUT2D eigenvalue weighted by Crippen LogP contribution is -2.07. The number of rotatable bonds is 5. The van der Waals surface area contributed by atoms with Crippen molar-refractivity contribution in [2.45, 2.75) is 0 Å². The molecule has 90 valence electrons. The molecule has 0 unspecified atom stereocenters. The second kappa shape index (κ2) is 5.70. The van der Waals surface area contributed by atoms with Gasteiger partial charge in [-0.05, 0) is 17.7 Å². The largest absolute Gasteiger partial charge is 0.383 e. The van der Waals surface area contributed by atoms with Crippen LogP contribution in [0, 0.1) is 0 Å². The number of H-pyrrole nitrogens is 1. The molecule has 0 aliphatic carbocycles. The van der Waals surface area contributed by atoms with E-state index in [1.54, 1.807) is 7.11 Å². The number of methoxy groups -OCH3 is 1. The fraction of sp³-hybridized carbons (Fsp3) is 0.250. The Morgan fingerprint density at radius 3 is 2.82 bits per heavy atom. The van der Waals surface area contributed by atoms with Gasteiger partial charge >= 0.3 is 0 Å². The van der Waals surface area contributed by atoms with E-state index in [0.29, 0.717) is 6.61 Å². The summed E-state index contributed by atoms with van der Waals surface area (Å²) < 4.78 is 4.95. The second-order valence-electron chi connectivity index (χ2n) is 3.59. The molecule has 5 heteroatoms. The summed E-state index contributed by atoms with van der Waals surface area (Å²) in [5, 5.41) is 11.0. The van der Waals surface area contributed by atoms with E-state index in [1.807, 2.05) is 30.3 Å². The molecule has 2 N–H and O–H groups in total. The van der Waals surface area contributed by atoms with E-state index < -0.39 is 0 Å². The average molecular weight is 252 g/mol. The van der Waals surface area contributed by atoms with E-state index in [0.717, 1.165) is 28.6 Å². The number of anilines is 1. The number of aromatic nitrogens is 2. The van der Waals surface area contributed by atoms with Gasteiger partial charge < -0.3 is 10.1 Å². The molecule has 2 aromatic rings. The molecule has 0 bridgehead atoms. The summed E-state index contributed by atoms with van der Waals surface area (Å²) in [6, 6.07) is 9.58. The van der Waals surface area contributed by atoms with Crippen molar-refractivity contribution >= 4 is 17.4 Å². The molecule has 0 radical (unpaired) electrons. The summed E-state index contributed by atoms with van der Waals surface area (Å²) in [5.41, 5.74) is 2.02. The van der Waals surface area contributed by atoms with Gasteiger partial charge in [0.05, 0.1) is 12.3 Å².